The van der Waals surface area contributed by atoms with E-state index in [1.54, 1.807) is 19.2 Å². The minimum atomic E-state index is -0.857. The molecule has 128 valence electrons. The first-order valence-electron chi connectivity index (χ1n) is 7.89. The maximum atomic E-state index is 11.2. The van der Waals surface area contributed by atoms with Crippen LogP contribution < -0.4 is 9.64 Å². The molecule has 1 N–H and O–H groups in total. The van der Waals surface area contributed by atoms with Crippen LogP contribution in [-0.4, -0.2) is 36.3 Å². The highest BCUT2D eigenvalue weighted by molar-refractivity contribution is 7.16. The number of rotatable bonds is 5. The van der Waals surface area contributed by atoms with Crippen LogP contribution in [0, 0.1) is 0 Å². The van der Waals surface area contributed by atoms with Crippen molar-refractivity contribution >= 4 is 34.0 Å². The third-order valence-electron chi connectivity index (χ3n) is 4.05. The van der Waals surface area contributed by atoms with E-state index >= 15 is 0 Å². The van der Waals surface area contributed by atoms with Gasteiger partial charge < -0.3 is 14.7 Å². The van der Waals surface area contributed by atoms with E-state index in [1.807, 2.05) is 6.07 Å². The number of benzene rings is 1. The summed E-state index contributed by atoms with van der Waals surface area (Å²) >= 11 is 7.68. The average Bonchev–Trinajstić information content (AvgIpc) is 2.98. The summed E-state index contributed by atoms with van der Waals surface area (Å²) in [6, 6.07) is 5.42. The van der Waals surface area contributed by atoms with Gasteiger partial charge in [0.25, 0.3) is 0 Å². The first-order valence-corrected chi connectivity index (χ1v) is 9.08. The largest absolute Gasteiger partial charge is 0.495 e. The molecule has 0 aliphatic carbocycles. The zero-order valence-electron chi connectivity index (χ0n) is 13.4. The van der Waals surface area contributed by atoms with Crippen LogP contribution >= 0.6 is 22.9 Å². The second-order valence-corrected chi connectivity index (χ2v) is 7.21. The second kappa shape index (κ2) is 7.40. The fraction of sp³-hybridized carbons (Fsp3) is 0.412. The van der Waals surface area contributed by atoms with Crippen molar-refractivity contribution in [1.29, 1.82) is 0 Å². The number of aliphatic carboxylic acids is 1. The van der Waals surface area contributed by atoms with Gasteiger partial charge in [0.05, 0.1) is 24.2 Å². The van der Waals surface area contributed by atoms with Gasteiger partial charge >= 0.3 is 5.97 Å². The molecule has 1 aromatic heterocycles. The molecule has 0 unspecified atom stereocenters. The predicted molar refractivity (Wildman–Crippen MR) is 96.5 cm³/mol. The van der Waals surface area contributed by atoms with Crippen molar-refractivity contribution in [3.63, 3.8) is 0 Å². The van der Waals surface area contributed by atoms with E-state index in [4.69, 9.17) is 21.3 Å². The minimum absolute atomic E-state index is 0.0372. The predicted octanol–water partition coefficient (Wildman–Crippen LogP) is 4.09. The highest BCUT2D eigenvalue weighted by Gasteiger charge is 2.21. The number of thiazole rings is 1. The Hall–Kier alpha value is -1.79. The lowest BCUT2D eigenvalue weighted by atomic mass is 10.1. The summed E-state index contributed by atoms with van der Waals surface area (Å²) in [4.78, 5) is 19.0. The Morgan fingerprint density at radius 1 is 1.38 bits per heavy atom. The molecular formula is C17H19ClN2O3S. The topological polar surface area (TPSA) is 62.7 Å². The second-order valence-electron chi connectivity index (χ2n) is 5.74. The van der Waals surface area contributed by atoms with Crippen molar-refractivity contribution < 1.29 is 14.6 Å². The number of halogens is 1. The molecule has 0 bridgehead atoms. The van der Waals surface area contributed by atoms with Crippen LogP contribution in [-0.2, 0) is 11.2 Å². The monoisotopic (exact) mass is 366 g/mol. The van der Waals surface area contributed by atoms with Gasteiger partial charge in [-0.3, -0.25) is 4.79 Å². The SMILES string of the molecule is COc1ccc(-c2nc(N3CCCCC3)sc2CC(=O)O)cc1Cl. The van der Waals surface area contributed by atoms with Gasteiger partial charge in [-0.25, -0.2) is 4.98 Å². The van der Waals surface area contributed by atoms with Crippen LogP contribution in [0.1, 0.15) is 24.1 Å². The van der Waals surface area contributed by atoms with Crippen LogP contribution in [0.25, 0.3) is 11.3 Å². The quantitative estimate of drug-likeness (QED) is 0.863. The van der Waals surface area contributed by atoms with Crippen molar-refractivity contribution in [2.24, 2.45) is 0 Å². The maximum absolute atomic E-state index is 11.2. The van der Waals surface area contributed by atoms with Crippen molar-refractivity contribution in [1.82, 2.24) is 4.98 Å². The van der Waals surface area contributed by atoms with E-state index in [-0.39, 0.29) is 6.42 Å². The number of carboxylic acid groups (broad SMARTS) is 1. The summed E-state index contributed by atoms with van der Waals surface area (Å²) in [6.45, 7) is 1.95. The zero-order chi connectivity index (χ0) is 17.1. The van der Waals surface area contributed by atoms with Crippen LogP contribution in [0.5, 0.6) is 5.75 Å². The average molecular weight is 367 g/mol. The van der Waals surface area contributed by atoms with E-state index in [9.17, 15) is 9.90 Å². The summed E-state index contributed by atoms with van der Waals surface area (Å²) in [5, 5.41) is 10.6. The van der Waals surface area contributed by atoms with Gasteiger partial charge in [0.15, 0.2) is 5.13 Å². The number of hydrogen-bond donors (Lipinski definition) is 1. The van der Waals surface area contributed by atoms with Crippen molar-refractivity contribution in [3.8, 4) is 17.0 Å². The summed E-state index contributed by atoms with van der Waals surface area (Å²) in [6.07, 6.45) is 3.50. The van der Waals surface area contributed by atoms with E-state index < -0.39 is 5.97 Å². The number of nitrogens with zero attached hydrogens (tertiary/aromatic N) is 2. The third-order valence-corrected chi connectivity index (χ3v) is 5.46. The molecule has 0 atom stereocenters. The first kappa shape index (κ1) is 17.0. The van der Waals surface area contributed by atoms with Gasteiger partial charge in [-0.05, 0) is 37.5 Å². The Morgan fingerprint density at radius 3 is 2.75 bits per heavy atom. The molecule has 1 saturated heterocycles. The molecule has 1 aliphatic heterocycles. The van der Waals surface area contributed by atoms with E-state index in [2.05, 4.69) is 4.90 Å². The standard InChI is InChI=1S/C17H19ClN2O3S/c1-23-13-6-5-11(9-12(13)18)16-14(10-15(21)22)24-17(19-16)20-7-3-2-4-8-20/h5-6,9H,2-4,7-8,10H2,1H3,(H,21,22). The Kier molecular flexibility index (Phi) is 5.26. The molecule has 0 saturated carbocycles. The normalized spacial score (nSPS) is 14.7. The van der Waals surface area contributed by atoms with Gasteiger partial charge in [0.2, 0.25) is 0 Å². The molecule has 1 fully saturated rings. The van der Waals surface area contributed by atoms with E-state index in [0.717, 1.165) is 41.5 Å². The molecule has 0 amide bonds. The number of ether oxygens (including phenoxy) is 1. The number of carboxylic acids is 1. The molecular weight excluding hydrogens is 348 g/mol. The molecule has 1 aliphatic rings. The molecule has 3 rings (SSSR count). The van der Waals surface area contributed by atoms with Crippen molar-refractivity contribution in [2.75, 3.05) is 25.1 Å². The van der Waals surface area contributed by atoms with Gasteiger partial charge in [0, 0.05) is 23.5 Å². The third kappa shape index (κ3) is 3.65. The van der Waals surface area contributed by atoms with Crippen LogP contribution in [0.4, 0.5) is 5.13 Å². The Balaban J connectivity index is 1.99. The van der Waals surface area contributed by atoms with Gasteiger partial charge in [-0.15, -0.1) is 11.3 Å². The molecule has 2 aromatic rings. The number of anilines is 1. The first-order chi connectivity index (χ1) is 11.6. The van der Waals surface area contributed by atoms with Gasteiger partial charge in [0.1, 0.15) is 5.75 Å². The molecule has 1 aromatic carbocycles. The molecule has 2 heterocycles. The lowest BCUT2D eigenvalue weighted by molar-refractivity contribution is -0.136. The Bertz CT molecular complexity index is 741. The number of carbonyl (C=O) groups is 1. The summed E-state index contributed by atoms with van der Waals surface area (Å²) < 4.78 is 5.18. The fourth-order valence-corrected chi connectivity index (χ4v) is 4.24. The van der Waals surface area contributed by atoms with E-state index in [0.29, 0.717) is 16.5 Å². The molecule has 7 heteroatoms. The molecule has 5 nitrogen and oxygen atoms in total. The lowest BCUT2D eigenvalue weighted by Crippen LogP contribution is -2.29. The number of methoxy groups -OCH3 is 1. The molecule has 24 heavy (non-hydrogen) atoms. The highest BCUT2D eigenvalue weighted by atomic mass is 35.5. The maximum Gasteiger partial charge on any atom is 0.308 e. The zero-order valence-corrected chi connectivity index (χ0v) is 15.0. The minimum Gasteiger partial charge on any atom is -0.495 e. The van der Waals surface area contributed by atoms with Crippen LogP contribution in [0.2, 0.25) is 5.02 Å². The summed E-state index contributed by atoms with van der Waals surface area (Å²) in [5.41, 5.74) is 1.52. The molecule has 0 radical (unpaired) electrons. The summed E-state index contributed by atoms with van der Waals surface area (Å²) in [7, 11) is 1.56. The number of piperidine rings is 1. The van der Waals surface area contributed by atoms with Crippen molar-refractivity contribution in [3.05, 3.63) is 28.1 Å². The Morgan fingerprint density at radius 2 is 2.12 bits per heavy atom. The van der Waals surface area contributed by atoms with Crippen LogP contribution in [0.3, 0.4) is 0 Å². The number of hydrogen-bond acceptors (Lipinski definition) is 5. The number of aromatic nitrogens is 1. The fourth-order valence-electron chi connectivity index (χ4n) is 2.86. The lowest BCUT2D eigenvalue weighted by Gasteiger charge is -2.25. The van der Waals surface area contributed by atoms with Gasteiger partial charge in [-0.2, -0.15) is 0 Å². The smallest absolute Gasteiger partial charge is 0.308 e. The Labute approximate surface area is 149 Å². The van der Waals surface area contributed by atoms with Crippen LogP contribution in [0.15, 0.2) is 18.2 Å². The van der Waals surface area contributed by atoms with Crippen molar-refractivity contribution in [2.45, 2.75) is 25.7 Å². The molecule has 0 spiro atoms. The van der Waals surface area contributed by atoms with E-state index in [1.165, 1.54) is 17.8 Å². The summed E-state index contributed by atoms with van der Waals surface area (Å²) in [5.74, 6) is -0.267. The van der Waals surface area contributed by atoms with Gasteiger partial charge in [-0.1, -0.05) is 11.6 Å². The highest BCUT2D eigenvalue weighted by Crippen LogP contribution is 2.37.